The number of nitrogens with two attached hydrogens (primary N) is 1. The summed E-state index contributed by atoms with van der Waals surface area (Å²) in [4.78, 5) is 4.34. The molecule has 0 amide bonds. The first-order valence-corrected chi connectivity index (χ1v) is 6.10. The smallest absolute Gasteiger partial charge is 0.161 e. The predicted octanol–water partition coefficient (Wildman–Crippen LogP) is 1.70. The van der Waals surface area contributed by atoms with Crippen LogP contribution in [0.1, 0.15) is 5.56 Å². The van der Waals surface area contributed by atoms with Gasteiger partial charge in [0.1, 0.15) is 0 Å². The van der Waals surface area contributed by atoms with E-state index in [9.17, 15) is 0 Å². The Balaban J connectivity index is 1.97. The lowest BCUT2D eigenvalue weighted by Gasteiger charge is -2.05. The molecule has 0 bridgehead atoms. The van der Waals surface area contributed by atoms with Crippen LogP contribution in [-0.4, -0.2) is 24.0 Å². The highest BCUT2D eigenvalue weighted by Gasteiger charge is 2.06. The number of nitrogens with zero attached hydrogens (tertiary/aromatic N) is 1. The molecule has 0 radical (unpaired) electrons. The molecule has 4 heteroatoms. The van der Waals surface area contributed by atoms with E-state index in [1.54, 1.807) is 11.8 Å². The highest BCUT2D eigenvalue weighted by molar-refractivity contribution is 8.14. The molecule has 0 unspecified atom stereocenters. The van der Waals surface area contributed by atoms with Gasteiger partial charge in [0.15, 0.2) is 5.17 Å². The van der Waals surface area contributed by atoms with Gasteiger partial charge in [-0.3, -0.25) is 4.99 Å². The lowest BCUT2D eigenvalue weighted by molar-refractivity contribution is 0.969. The Hall–Kier alpha value is -1.00. The van der Waals surface area contributed by atoms with E-state index in [0.29, 0.717) is 6.54 Å². The third kappa shape index (κ3) is 2.97. The molecule has 0 aliphatic carbocycles. The Kier molecular flexibility index (Phi) is 3.64. The van der Waals surface area contributed by atoms with Gasteiger partial charge in [-0.1, -0.05) is 23.9 Å². The number of amidine groups is 1. The molecule has 80 valence electrons. The molecule has 2 rings (SSSR count). The van der Waals surface area contributed by atoms with Crippen molar-refractivity contribution < 1.29 is 0 Å². The first-order chi connectivity index (χ1) is 7.38. The highest BCUT2D eigenvalue weighted by atomic mass is 32.2. The second-order valence-corrected chi connectivity index (χ2v) is 4.48. The summed E-state index contributed by atoms with van der Waals surface area (Å²) in [5, 5.41) is 4.32. The largest absolute Gasteiger partial charge is 0.335 e. The lowest BCUT2D eigenvalue weighted by Crippen LogP contribution is -2.05. The van der Waals surface area contributed by atoms with Crippen LogP contribution in [0.5, 0.6) is 0 Å². The van der Waals surface area contributed by atoms with Gasteiger partial charge in [0.05, 0.1) is 6.54 Å². The zero-order chi connectivity index (χ0) is 10.5. The SMILES string of the molecule is NCCc1ccc(NC2=NCCS2)cc1. The van der Waals surface area contributed by atoms with E-state index in [1.165, 1.54) is 5.56 Å². The fraction of sp³-hybridized carbons (Fsp3) is 0.364. The maximum Gasteiger partial charge on any atom is 0.161 e. The molecule has 3 nitrogen and oxygen atoms in total. The van der Waals surface area contributed by atoms with Crippen molar-refractivity contribution in [3.63, 3.8) is 0 Å². The number of anilines is 1. The van der Waals surface area contributed by atoms with Gasteiger partial charge in [-0.05, 0) is 30.7 Å². The Labute approximate surface area is 94.2 Å². The van der Waals surface area contributed by atoms with Crippen molar-refractivity contribution in [2.75, 3.05) is 24.2 Å². The van der Waals surface area contributed by atoms with Crippen molar-refractivity contribution in [2.24, 2.45) is 10.7 Å². The summed E-state index contributed by atoms with van der Waals surface area (Å²) < 4.78 is 0. The first-order valence-electron chi connectivity index (χ1n) is 5.12. The Bertz CT molecular complexity index is 345. The van der Waals surface area contributed by atoms with Crippen LogP contribution in [0.2, 0.25) is 0 Å². The number of rotatable bonds is 3. The summed E-state index contributed by atoms with van der Waals surface area (Å²) in [6, 6.07) is 8.36. The molecule has 3 N–H and O–H groups in total. The molecule has 1 aromatic rings. The van der Waals surface area contributed by atoms with Crippen LogP contribution in [0, 0.1) is 0 Å². The van der Waals surface area contributed by atoms with E-state index in [2.05, 4.69) is 34.6 Å². The number of thioether (sulfide) groups is 1. The highest BCUT2D eigenvalue weighted by Crippen LogP contribution is 2.16. The summed E-state index contributed by atoms with van der Waals surface area (Å²) in [6.07, 6.45) is 0.940. The van der Waals surface area contributed by atoms with Crippen LogP contribution in [0.25, 0.3) is 0 Å². The van der Waals surface area contributed by atoms with Crippen molar-refractivity contribution in [3.8, 4) is 0 Å². The van der Waals surface area contributed by atoms with E-state index in [1.807, 2.05) is 0 Å². The molecule has 0 saturated carbocycles. The Morgan fingerprint density at radius 2 is 2.13 bits per heavy atom. The quantitative estimate of drug-likeness (QED) is 0.817. The van der Waals surface area contributed by atoms with Gasteiger partial charge in [0.2, 0.25) is 0 Å². The molecular weight excluding hydrogens is 206 g/mol. The van der Waals surface area contributed by atoms with Gasteiger partial charge in [-0.15, -0.1) is 0 Å². The van der Waals surface area contributed by atoms with Gasteiger partial charge in [-0.2, -0.15) is 0 Å². The van der Waals surface area contributed by atoms with E-state index < -0.39 is 0 Å². The van der Waals surface area contributed by atoms with E-state index in [4.69, 9.17) is 5.73 Å². The fourth-order valence-corrected chi connectivity index (χ4v) is 2.20. The molecular formula is C11H15N3S. The average molecular weight is 221 g/mol. The minimum Gasteiger partial charge on any atom is -0.335 e. The Morgan fingerprint density at radius 3 is 2.73 bits per heavy atom. The molecule has 0 saturated heterocycles. The molecule has 1 aliphatic rings. The first kappa shape index (κ1) is 10.5. The standard InChI is InChI=1S/C11H15N3S/c12-6-5-9-1-3-10(4-2-9)14-11-13-7-8-15-11/h1-4H,5-8,12H2,(H,13,14). The number of hydrogen-bond donors (Lipinski definition) is 2. The molecule has 1 aliphatic heterocycles. The van der Waals surface area contributed by atoms with Crippen molar-refractivity contribution >= 4 is 22.6 Å². The minimum absolute atomic E-state index is 0.704. The van der Waals surface area contributed by atoms with Crippen LogP contribution in [-0.2, 0) is 6.42 Å². The second-order valence-electron chi connectivity index (χ2n) is 3.40. The van der Waals surface area contributed by atoms with Gasteiger partial charge < -0.3 is 11.1 Å². The van der Waals surface area contributed by atoms with Crippen LogP contribution >= 0.6 is 11.8 Å². The maximum atomic E-state index is 5.49. The minimum atomic E-state index is 0.704. The fourth-order valence-electron chi connectivity index (χ4n) is 1.46. The van der Waals surface area contributed by atoms with Crippen LogP contribution in [0.15, 0.2) is 29.3 Å². The predicted molar refractivity (Wildman–Crippen MR) is 67.6 cm³/mol. The second kappa shape index (κ2) is 5.19. The summed E-state index contributed by atoms with van der Waals surface area (Å²) in [5.74, 6) is 1.09. The van der Waals surface area contributed by atoms with Crippen molar-refractivity contribution in [1.82, 2.24) is 0 Å². The summed E-state index contributed by atoms with van der Waals surface area (Å²) in [7, 11) is 0. The molecule has 0 fully saturated rings. The monoisotopic (exact) mass is 221 g/mol. The van der Waals surface area contributed by atoms with E-state index in [0.717, 1.165) is 29.6 Å². The molecule has 0 atom stereocenters. The summed E-state index contributed by atoms with van der Waals surface area (Å²) >= 11 is 1.77. The van der Waals surface area contributed by atoms with Gasteiger partial charge in [0.25, 0.3) is 0 Å². The molecule has 1 heterocycles. The van der Waals surface area contributed by atoms with Crippen LogP contribution in [0.4, 0.5) is 5.69 Å². The molecule has 0 spiro atoms. The van der Waals surface area contributed by atoms with Crippen molar-refractivity contribution in [1.29, 1.82) is 0 Å². The number of nitrogens with one attached hydrogen (secondary N) is 1. The van der Waals surface area contributed by atoms with E-state index in [-0.39, 0.29) is 0 Å². The topological polar surface area (TPSA) is 50.4 Å². The van der Waals surface area contributed by atoms with Gasteiger partial charge in [-0.25, -0.2) is 0 Å². The zero-order valence-electron chi connectivity index (χ0n) is 8.57. The molecule has 0 aromatic heterocycles. The third-order valence-electron chi connectivity index (χ3n) is 2.22. The third-order valence-corrected chi connectivity index (χ3v) is 3.11. The van der Waals surface area contributed by atoms with E-state index >= 15 is 0 Å². The average Bonchev–Trinajstić information content (AvgIpc) is 2.74. The van der Waals surface area contributed by atoms with Crippen LogP contribution in [0.3, 0.4) is 0 Å². The Morgan fingerprint density at radius 1 is 1.33 bits per heavy atom. The van der Waals surface area contributed by atoms with Gasteiger partial charge in [0, 0.05) is 11.4 Å². The number of benzene rings is 1. The van der Waals surface area contributed by atoms with Crippen LogP contribution < -0.4 is 11.1 Å². The number of aliphatic imine (C=N–C) groups is 1. The van der Waals surface area contributed by atoms with Gasteiger partial charge >= 0.3 is 0 Å². The van der Waals surface area contributed by atoms with Crippen molar-refractivity contribution in [3.05, 3.63) is 29.8 Å². The summed E-state index contributed by atoms with van der Waals surface area (Å²) in [5.41, 5.74) is 7.87. The lowest BCUT2D eigenvalue weighted by atomic mass is 10.1. The van der Waals surface area contributed by atoms with Crippen molar-refractivity contribution in [2.45, 2.75) is 6.42 Å². The maximum absolute atomic E-state index is 5.49. The summed E-state index contributed by atoms with van der Waals surface area (Å²) in [6.45, 7) is 1.63. The number of hydrogen-bond acceptors (Lipinski definition) is 4. The molecule has 15 heavy (non-hydrogen) atoms. The molecule has 1 aromatic carbocycles. The zero-order valence-corrected chi connectivity index (χ0v) is 9.39. The normalized spacial score (nSPS) is 15.1.